The number of hydrogen-bond donors (Lipinski definition) is 1. The van der Waals surface area contributed by atoms with E-state index in [0.717, 1.165) is 16.7 Å². The van der Waals surface area contributed by atoms with Crippen LogP contribution in [0.25, 0.3) is 6.08 Å². The molecule has 0 spiro atoms. The molecule has 0 unspecified atom stereocenters. The van der Waals surface area contributed by atoms with Crippen LogP contribution in [0.5, 0.6) is 5.75 Å². The fourth-order valence-corrected chi connectivity index (χ4v) is 3.10. The number of thiocarbonyl (C=S) groups is 1. The van der Waals surface area contributed by atoms with Gasteiger partial charge in [0.25, 0.3) is 5.91 Å². The SMILES string of the molecule is C[C@H](C(=O)[O-])N1C(=O)/C(=C\c2cccc(O)c2)SC1=S. The average Bonchev–Trinajstić information content (AvgIpc) is 2.63. The highest BCUT2D eigenvalue weighted by molar-refractivity contribution is 8.26. The van der Waals surface area contributed by atoms with Crippen LogP contribution in [-0.4, -0.2) is 32.2 Å². The Balaban J connectivity index is 2.30. The Morgan fingerprint density at radius 2 is 2.25 bits per heavy atom. The number of aliphatic carboxylic acids is 1. The van der Waals surface area contributed by atoms with Gasteiger partial charge < -0.3 is 15.0 Å². The van der Waals surface area contributed by atoms with Gasteiger partial charge in [0.1, 0.15) is 10.1 Å². The summed E-state index contributed by atoms with van der Waals surface area (Å²) in [4.78, 5) is 24.3. The second-order valence-corrected chi connectivity index (χ2v) is 5.82. The third-order valence-corrected chi connectivity index (χ3v) is 4.05. The Morgan fingerprint density at radius 1 is 1.55 bits per heavy atom. The van der Waals surface area contributed by atoms with Crippen molar-refractivity contribution in [1.29, 1.82) is 0 Å². The molecule has 1 amide bonds. The van der Waals surface area contributed by atoms with E-state index < -0.39 is 17.9 Å². The van der Waals surface area contributed by atoms with E-state index in [-0.39, 0.29) is 10.1 Å². The summed E-state index contributed by atoms with van der Waals surface area (Å²) >= 11 is 6.04. The lowest BCUT2D eigenvalue weighted by Gasteiger charge is -2.23. The third-order valence-electron chi connectivity index (χ3n) is 2.72. The number of benzene rings is 1. The normalized spacial score (nSPS) is 18.6. The van der Waals surface area contributed by atoms with Crippen LogP contribution in [0.1, 0.15) is 12.5 Å². The number of carbonyl (C=O) groups is 2. The second kappa shape index (κ2) is 5.64. The molecule has 1 heterocycles. The van der Waals surface area contributed by atoms with Crippen molar-refractivity contribution in [2.24, 2.45) is 0 Å². The number of phenols is 1. The molecular weight excluding hydrogens is 298 g/mol. The zero-order chi connectivity index (χ0) is 14.9. The molecule has 5 nitrogen and oxygen atoms in total. The number of rotatable bonds is 3. The predicted molar refractivity (Wildman–Crippen MR) is 77.6 cm³/mol. The van der Waals surface area contributed by atoms with Crippen molar-refractivity contribution in [3.63, 3.8) is 0 Å². The van der Waals surface area contributed by atoms with Crippen molar-refractivity contribution >= 4 is 46.3 Å². The minimum absolute atomic E-state index is 0.0809. The highest BCUT2D eigenvalue weighted by Crippen LogP contribution is 2.34. The van der Waals surface area contributed by atoms with Crippen LogP contribution in [0, 0.1) is 0 Å². The molecule has 1 aromatic carbocycles. The Labute approximate surface area is 124 Å². The minimum Gasteiger partial charge on any atom is -0.548 e. The molecule has 1 aromatic rings. The number of thioether (sulfide) groups is 1. The van der Waals surface area contributed by atoms with Crippen molar-refractivity contribution in [3.05, 3.63) is 34.7 Å². The quantitative estimate of drug-likeness (QED) is 0.655. The van der Waals surface area contributed by atoms with Crippen LogP contribution in [0.2, 0.25) is 0 Å². The first-order valence-corrected chi connectivity index (χ1v) is 6.89. The lowest BCUT2D eigenvalue weighted by Crippen LogP contribution is -2.48. The first kappa shape index (κ1) is 14.5. The molecule has 1 aliphatic rings. The van der Waals surface area contributed by atoms with E-state index in [0.29, 0.717) is 10.5 Å². The standard InChI is InChI=1S/C13H11NO4S2/c1-7(12(17)18)14-11(16)10(20-13(14)19)6-8-3-2-4-9(15)5-8/h2-7,15H,1H3,(H,17,18)/p-1/b10-6+/t7-/m1/s1. The van der Waals surface area contributed by atoms with Crippen molar-refractivity contribution in [3.8, 4) is 5.75 Å². The molecule has 0 radical (unpaired) electrons. The van der Waals surface area contributed by atoms with E-state index in [1.54, 1.807) is 18.2 Å². The van der Waals surface area contributed by atoms with Gasteiger partial charge in [0, 0.05) is 0 Å². The predicted octanol–water partition coefficient (Wildman–Crippen LogP) is 0.732. The Bertz CT molecular complexity index is 627. The lowest BCUT2D eigenvalue weighted by atomic mass is 10.2. The number of phenolic OH excluding ortho intramolecular Hbond substituents is 1. The average molecular weight is 308 g/mol. The van der Waals surface area contributed by atoms with Crippen LogP contribution in [0.3, 0.4) is 0 Å². The number of amides is 1. The topological polar surface area (TPSA) is 80.7 Å². The summed E-state index contributed by atoms with van der Waals surface area (Å²) in [5.74, 6) is -1.75. The smallest absolute Gasteiger partial charge is 0.266 e. The van der Waals surface area contributed by atoms with E-state index in [1.807, 2.05) is 0 Å². The zero-order valence-electron chi connectivity index (χ0n) is 10.4. The number of nitrogens with zero attached hydrogens (tertiary/aromatic N) is 1. The summed E-state index contributed by atoms with van der Waals surface area (Å²) in [6.45, 7) is 1.34. The molecule has 7 heteroatoms. The summed E-state index contributed by atoms with van der Waals surface area (Å²) in [6, 6.07) is 5.26. The van der Waals surface area contributed by atoms with Crippen LogP contribution >= 0.6 is 24.0 Å². The van der Waals surface area contributed by atoms with Gasteiger partial charge in [-0.3, -0.25) is 9.69 Å². The first-order chi connectivity index (χ1) is 9.40. The molecule has 104 valence electrons. The van der Waals surface area contributed by atoms with Crippen molar-refractivity contribution in [2.75, 3.05) is 0 Å². The molecule has 2 rings (SSSR count). The molecule has 0 saturated carbocycles. The Kier molecular flexibility index (Phi) is 4.10. The van der Waals surface area contributed by atoms with Gasteiger partial charge in [-0.2, -0.15) is 0 Å². The third kappa shape index (κ3) is 2.83. The maximum absolute atomic E-state index is 12.1. The van der Waals surface area contributed by atoms with E-state index >= 15 is 0 Å². The van der Waals surface area contributed by atoms with Gasteiger partial charge in [0.05, 0.1) is 16.9 Å². The number of carboxylic acids is 1. The van der Waals surface area contributed by atoms with Gasteiger partial charge in [-0.1, -0.05) is 36.1 Å². The molecule has 0 aliphatic carbocycles. The maximum atomic E-state index is 12.1. The van der Waals surface area contributed by atoms with Gasteiger partial charge in [0.2, 0.25) is 0 Å². The number of hydrogen-bond acceptors (Lipinski definition) is 6. The van der Waals surface area contributed by atoms with Crippen LogP contribution < -0.4 is 5.11 Å². The van der Waals surface area contributed by atoms with E-state index in [1.165, 1.54) is 19.1 Å². The number of carbonyl (C=O) groups excluding carboxylic acids is 2. The van der Waals surface area contributed by atoms with Crippen LogP contribution in [-0.2, 0) is 9.59 Å². The van der Waals surface area contributed by atoms with Gasteiger partial charge >= 0.3 is 0 Å². The Hall–Kier alpha value is -1.86. The second-order valence-electron chi connectivity index (χ2n) is 4.14. The monoisotopic (exact) mass is 308 g/mol. The van der Waals surface area contributed by atoms with Crippen LogP contribution in [0.15, 0.2) is 29.2 Å². The largest absolute Gasteiger partial charge is 0.548 e. The molecule has 1 saturated heterocycles. The molecule has 0 aromatic heterocycles. The number of carboxylic acid groups (broad SMARTS) is 1. The van der Waals surface area contributed by atoms with Gasteiger partial charge in [-0.05, 0) is 30.7 Å². The summed E-state index contributed by atoms with van der Waals surface area (Å²) < 4.78 is 0.179. The van der Waals surface area contributed by atoms with E-state index in [4.69, 9.17) is 12.2 Å². The maximum Gasteiger partial charge on any atom is 0.266 e. The molecule has 20 heavy (non-hydrogen) atoms. The van der Waals surface area contributed by atoms with Crippen molar-refractivity contribution < 1.29 is 19.8 Å². The van der Waals surface area contributed by atoms with E-state index in [2.05, 4.69) is 0 Å². The molecule has 1 N–H and O–H groups in total. The molecule has 0 bridgehead atoms. The molecular formula is C13H10NO4S2-. The van der Waals surface area contributed by atoms with Gasteiger partial charge in [-0.15, -0.1) is 0 Å². The van der Waals surface area contributed by atoms with Gasteiger partial charge in [0.15, 0.2) is 0 Å². The van der Waals surface area contributed by atoms with Crippen molar-refractivity contribution in [2.45, 2.75) is 13.0 Å². The highest BCUT2D eigenvalue weighted by atomic mass is 32.2. The van der Waals surface area contributed by atoms with Gasteiger partial charge in [-0.25, -0.2) is 0 Å². The summed E-state index contributed by atoms with van der Waals surface area (Å²) in [5, 5.41) is 20.2. The lowest BCUT2D eigenvalue weighted by molar-refractivity contribution is -0.309. The summed E-state index contributed by atoms with van der Waals surface area (Å²) in [6.07, 6.45) is 1.56. The minimum atomic E-state index is -1.36. The fourth-order valence-electron chi connectivity index (χ4n) is 1.69. The van der Waals surface area contributed by atoms with E-state index in [9.17, 15) is 19.8 Å². The fraction of sp³-hybridized carbons (Fsp3) is 0.154. The number of aromatic hydroxyl groups is 1. The summed E-state index contributed by atoms with van der Waals surface area (Å²) in [5.41, 5.74) is 0.631. The summed E-state index contributed by atoms with van der Waals surface area (Å²) in [7, 11) is 0. The zero-order valence-corrected chi connectivity index (χ0v) is 12.0. The molecule has 1 fully saturated rings. The Morgan fingerprint density at radius 3 is 2.85 bits per heavy atom. The highest BCUT2D eigenvalue weighted by Gasteiger charge is 2.35. The van der Waals surface area contributed by atoms with Crippen molar-refractivity contribution in [1.82, 2.24) is 4.90 Å². The molecule has 1 aliphatic heterocycles. The molecule has 1 atom stereocenters. The van der Waals surface area contributed by atoms with Crippen LogP contribution in [0.4, 0.5) is 0 Å². The first-order valence-electron chi connectivity index (χ1n) is 5.67.